The molecule has 0 radical (unpaired) electrons. The van der Waals surface area contributed by atoms with E-state index < -0.39 is 0 Å². The molecule has 0 N–H and O–H groups in total. The third-order valence-corrected chi connectivity index (χ3v) is 18.1. The minimum Gasteiger partial charge on any atom is -0.456 e. The normalized spacial score (nSPS) is 19.1. The molecule has 370 valence electrons. The van der Waals surface area contributed by atoms with Gasteiger partial charge in [-0.05, 0) is 159 Å². The van der Waals surface area contributed by atoms with Crippen molar-refractivity contribution in [3.05, 3.63) is 186 Å². The largest absolute Gasteiger partial charge is 0.456 e. The van der Waals surface area contributed by atoms with Crippen molar-refractivity contribution >= 4 is 90.5 Å². The van der Waals surface area contributed by atoms with Crippen LogP contribution in [0.25, 0.3) is 33.1 Å². The Hall–Kier alpha value is -6.98. The van der Waals surface area contributed by atoms with Crippen LogP contribution in [0.2, 0.25) is 0 Å². The van der Waals surface area contributed by atoms with Crippen LogP contribution in [0.3, 0.4) is 0 Å². The van der Waals surface area contributed by atoms with Gasteiger partial charge in [0, 0.05) is 67.6 Å². The van der Waals surface area contributed by atoms with E-state index in [0.29, 0.717) is 0 Å². The fraction of sp³-hybridized carbons (Fsp3) is 0.304. The number of furan rings is 1. The minimum absolute atomic E-state index is 0.00122. The summed E-state index contributed by atoms with van der Waals surface area (Å²) < 4.78 is 6.65. The molecule has 5 heteroatoms. The fourth-order valence-electron chi connectivity index (χ4n) is 13.8. The zero-order valence-corrected chi connectivity index (χ0v) is 45.7. The van der Waals surface area contributed by atoms with E-state index in [1.54, 1.807) is 0 Å². The Balaban J connectivity index is 1.11. The Morgan fingerprint density at radius 2 is 1.05 bits per heavy atom. The van der Waals surface area contributed by atoms with Crippen LogP contribution in [0.5, 0.6) is 0 Å². The average molecular weight is 968 g/mol. The lowest BCUT2D eigenvalue weighted by Crippen LogP contribution is -2.61. The van der Waals surface area contributed by atoms with Crippen molar-refractivity contribution in [3.63, 3.8) is 0 Å². The number of rotatable bonds is 4. The highest BCUT2D eigenvalue weighted by Crippen LogP contribution is 2.62. The second-order valence-corrected chi connectivity index (χ2v) is 25.8. The molecule has 8 aromatic carbocycles. The lowest BCUT2D eigenvalue weighted by atomic mass is 9.33. The van der Waals surface area contributed by atoms with Crippen LogP contribution in [0.15, 0.2) is 162 Å². The van der Waals surface area contributed by atoms with E-state index >= 15 is 0 Å². The standard InChI is InChI=1S/C69H70BN3O/c1-43-36-60-64-61(37-43)72(56-32-25-45(65(2,3)4)38-52(56)44-20-14-13-15-21-44)59-41-49(73-57-33-26-46(66(5,6)7)39-53(57)68(11)34-18-19-35-69(68,73)12)28-31-55(59)70(64)54-30-24-47(67(8,9)10)40-58(54)71(60)48-27-29-51-50-22-16-17-23-62(50)74-63(51)42-48/h13-17,20-33,36-42H,18-19,34-35H2,1-12H3. The summed E-state index contributed by atoms with van der Waals surface area (Å²) in [5.74, 6) is 0. The van der Waals surface area contributed by atoms with Gasteiger partial charge in [0.15, 0.2) is 0 Å². The van der Waals surface area contributed by atoms with Gasteiger partial charge in [0.2, 0.25) is 0 Å². The Bertz CT molecular complexity index is 3770. The van der Waals surface area contributed by atoms with Crippen LogP contribution >= 0.6 is 0 Å². The van der Waals surface area contributed by atoms with E-state index in [0.717, 1.165) is 34.0 Å². The molecule has 0 bridgehead atoms. The second-order valence-electron chi connectivity index (χ2n) is 25.8. The summed E-state index contributed by atoms with van der Waals surface area (Å²) in [6, 6.07) is 60.9. The van der Waals surface area contributed by atoms with Crippen molar-refractivity contribution in [1.82, 2.24) is 0 Å². The molecule has 0 saturated heterocycles. The smallest absolute Gasteiger partial charge is 0.252 e. The number of para-hydroxylation sites is 1. The third-order valence-electron chi connectivity index (χ3n) is 18.1. The number of benzene rings is 8. The molecule has 4 heterocycles. The summed E-state index contributed by atoms with van der Waals surface area (Å²) in [6.07, 6.45) is 4.81. The first-order valence-electron chi connectivity index (χ1n) is 27.3. The molecule has 2 unspecified atom stereocenters. The van der Waals surface area contributed by atoms with E-state index in [9.17, 15) is 0 Å². The molecule has 74 heavy (non-hydrogen) atoms. The van der Waals surface area contributed by atoms with E-state index in [2.05, 4.69) is 256 Å². The van der Waals surface area contributed by atoms with Crippen LogP contribution in [0, 0.1) is 6.92 Å². The molecule has 13 rings (SSSR count). The van der Waals surface area contributed by atoms with Crippen molar-refractivity contribution in [2.75, 3.05) is 14.7 Å². The molecular weight excluding hydrogens is 898 g/mol. The molecular formula is C69H70BN3O. The lowest BCUT2D eigenvalue weighted by Gasteiger charge is -2.51. The third kappa shape index (κ3) is 6.87. The fourth-order valence-corrected chi connectivity index (χ4v) is 13.8. The second kappa shape index (κ2) is 16.0. The predicted octanol–water partition coefficient (Wildman–Crippen LogP) is 17.3. The highest BCUT2D eigenvalue weighted by atomic mass is 16.3. The number of anilines is 8. The maximum Gasteiger partial charge on any atom is 0.252 e. The summed E-state index contributed by atoms with van der Waals surface area (Å²) in [4.78, 5) is 7.99. The van der Waals surface area contributed by atoms with Crippen molar-refractivity contribution in [1.29, 1.82) is 0 Å². The molecule has 0 spiro atoms. The highest BCUT2D eigenvalue weighted by Gasteiger charge is 2.58. The Labute approximate surface area is 440 Å². The van der Waals surface area contributed by atoms with Crippen LogP contribution in [0.1, 0.15) is 130 Å². The number of hydrogen-bond donors (Lipinski definition) is 0. The zero-order chi connectivity index (χ0) is 51.4. The Kier molecular flexibility index (Phi) is 10.1. The molecule has 9 aromatic rings. The molecule has 0 amide bonds. The Morgan fingerprint density at radius 3 is 1.78 bits per heavy atom. The minimum atomic E-state index is -0.106. The molecule has 4 nitrogen and oxygen atoms in total. The quantitative estimate of drug-likeness (QED) is 0.164. The monoisotopic (exact) mass is 968 g/mol. The maximum absolute atomic E-state index is 6.65. The molecule has 1 saturated carbocycles. The van der Waals surface area contributed by atoms with Gasteiger partial charge < -0.3 is 19.1 Å². The lowest BCUT2D eigenvalue weighted by molar-refractivity contribution is 0.195. The van der Waals surface area contributed by atoms with Crippen LogP contribution in [-0.2, 0) is 21.7 Å². The van der Waals surface area contributed by atoms with Gasteiger partial charge in [-0.1, -0.05) is 167 Å². The van der Waals surface area contributed by atoms with Crippen molar-refractivity contribution < 1.29 is 4.42 Å². The van der Waals surface area contributed by atoms with Crippen LogP contribution < -0.4 is 31.1 Å². The molecule has 3 aliphatic heterocycles. The SMILES string of the molecule is Cc1cc2c3c(c1)N(c1ccc(C(C)(C)C)cc1-c1ccccc1)c1cc(N4c5ccc(C(C)(C)C)cc5C5(C)CCCCC45C)ccc1B3c1ccc(C(C)(C)C)cc1N2c1ccc2c(c1)oc1ccccc12. The van der Waals surface area contributed by atoms with E-state index in [-0.39, 0.29) is 33.9 Å². The van der Waals surface area contributed by atoms with E-state index in [4.69, 9.17) is 4.42 Å². The van der Waals surface area contributed by atoms with Gasteiger partial charge in [0.1, 0.15) is 11.2 Å². The Morgan fingerprint density at radius 1 is 0.473 bits per heavy atom. The summed E-state index contributed by atoms with van der Waals surface area (Å²) in [5, 5.41) is 2.28. The highest BCUT2D eigenvalue weighted by molar-refractivity contribution is 7.00. The molecule has 4 aliphatic rings. The van der Waals surface area contributed by atoms with Crippen LogP contribution in [-0.4, -0.2) is 12.3 Å². The van der Waals surface area contributed by atoms with Gasteiger partial charge >= 0.3 is 0 Å². The first kappa shape index (κ1) is 46.8. The molecule has 1 aliphatic carbocycles. The summed E-state index contributed by atoms with van der Waals surface area (Å²) >= 11 is 0. The van der Waals surface area contributed by atoms with Gasteiger partial charge in [-0.3, -0.25) is 0 Å². The molecule has 1 aromatic heterocycles. The first-order chi connectivity index (χ1) is 35.2. The number of hydrogen-bond acceptors (Lipinski definition) is 4. The summed E-state index contributed by atoms with van der Waals surface area (Å²) in [7, 11) is 0. The topological polar surface area (TPSA) is 22.9 Å². The average Bonchev–Trinajstić information content (AvgIpc) is 3.88. The molecule has 1 fully saturated rings. The summed E-state index contributed by atoms with van der Waals surface area (Å²) in [6.45, 7) is 28.5. The van der Waals surface area contributed by atoms with Crippen LogP contribution in [0.4, 0.5) is 45.5 Å². The van der Waals surface area contributed by atoms with Gasteiger partial charge in [-0.2, -0.15) is 0 Å². The van der Waals surface area contributed by atoms with E-state index in [1.807, 2.05) is 0 Å². The maximum atomic E-state index is 6.65. The molecule has 2 atom stereocenters. The van der Waals surface area contributed by atoms with Gasteiger partial charge in [-0.15, -0.1) is 0 Å². The summed E-state index contributed by atoms with van der Waals surface area (Å²) in [5.41, 5.74) is 24.6. The van der Waals surface area contributed by atoms with Gasteiger partial charge in [0.25, 0.3) is 6.71 Å². The number of aryl methyl sites for hydroxylation is 1. The number of fused-ring (bicyclic) bond motifs is 10. The predicted molar refractivity (Wildman–Crippen MR) is 317 cm³/mol. The van der Waals surface area contributed by atoms with E-state index in [1.165, 1.54) is 114 Å². The van der Waals surface area contributed by atoms with Crippen molar-refractivity contribution in [3.8, 4) is 11.1 Å². The van der Waals surface area contributed by atoms with Gasteiger partial charge in [0.05, 0.1) is 11.2 Å². The van der Waals surface area contributed by atoms with Crippen molar-refractivity contribution in [2.45, 2.75) is 136 Å². The zero-order valence-electron chi connectivity index (χ0n) is 45.7. The van der Waals surface area contributed by atoms with Gasteiger partial charge in [-0.25, -0.2) is 0 Å². The first-order valence-corrected chi connectivity index (χ1v) is 27.3. The van der Waals surface area contributed by atoms with Crippen molar-refractivity contribution in [2.24, 2.45) is 0 Å². The number of nitrogens with zero attached hydrogens (tertiary/aromatic N) is 3.